The zero-order chi connectivity index (χ0) is 20.2. The Morgan fingerprint density at radius 1 is 1.07 bits per heavy atom. The number of hydrogen-bond donors (Lipinski definition) is 3. The third kappa shape index (κ3) is 4.17. The normalized spacial score (nSPS) is 13.3. The predicted molar refractivity (Wildman–Crippen MR) is 112 cm³/mol. The molecule has 0 spiro atoms. The molecular formula is C23H22N4O2. The molecule has 29 heavy (non-hydrogen) atoms. The Labute approximate surface area is 169 Å². The molecule has 0 radical (unpaired) electrons. The van der Waals surface area contributed by atoms with Crippen LogP contribution in [0.5, 0.6) is 0 Å². The second kappa shape index (κ2) is 8.24. The zero-order valence-electron chi connectivity index (χ0n) is 15.9. The first-order valence-electron chi connectivity index (χ1n) is 9.57. The van der Waals surface area contributed by atoms with Gasteiger partial charge in [0.1, 0.15) is 0 Å². The van der Waals surface area contributed by atoms with Gasteiger partial charge in [0.2, 0.25) is 5.91 Å². The summed E-state index contributed by atoms with van der Waals surface area (Å²) >= 11 is 0. The van der Waals surface area contributed by atoms with Crippen LogP contribution in [0, 0.1) is 0 Å². The molecule has 4 N–H and O–H groups in total. The van der Waals surface area contributed by atoms with Gasteiger partial charge >= 0.3 is 0 Å². The van der Waals surface area contributed by atoms with Gasteiger partial charge in [-0.3, -0.25) is 19.9 Å². The summed E-state index contributed by atoms with van der Waals surface area (Å²) < 4.78 is 0. The fraction of sp³-hybridized carbons (Fsp3) is 0.174. The minimum atomic E-state index is -0.795. The minimum absolute atomic E-state index is 0.372. The van der Waals surface area contributed by atoms with Crippen LogP contribution in [0.2, 0.25) is 0 Å². The van der Waals surface area contributed by atoms with Gasteiger partial charge in [-0.25, -0.2) is 0 Å². The van der Waals surface area contributed by atoms with Crippen LogP contribution < -0.4 is 16.4 Å². The van der Waals surface area contributed by atoms with Gasteiger partial charge in [-0.05, 0) is 59.4 Å². The molecule has 6 heteroatoms. The van der Waals surface area contributed by atoms with E-state index in [1.165, 1.54) is 0 Å². The van der Waals surface area contributed by atoms with Gasteiger partial charge in [-0.15, -0.1) is 0 Å². The number of hydrogen-bond acceptors (Lipinski definition) is 5. The number of nitrogens with two attached hydrogens (primary N) is 1. The molecule has 0 saturated carbocycles. The first-order chi connectivity index (χ1) is 14.1. The standard InChI is InChI=1S/C23H22N4O2/c24-20(12-15-4-2-1-3-5-15)23(29)27-22(28)19-13-17(16-6-9-25-10-7-16)14-21-18(19)8-11-26-21/h1-7,9-10,13-14,20,26H,8,11-12,24H2,(H,27,28,29)/t20-/m0/s1. The monoisotopic (exact) mass is 386 g/mol. The van der Waals surface area contributed by atoms with Gasteiger partial charge in [0.15, 0.2) is 0 Å². The molecular weight excluding hydrogens is 364 g/mol. The molecule has 0 saturated heterocycles. The van der Waals surface area contributed by atoms with E-state index in [1.807, 2.05) is 54.6 Å². The number of fused-ring (bicyclic) bond motifs is 1. The maximum Gasteiger partial charge on any atom is 0.258 e. The van der Waals surface area contributed by atoms with Crippen LogP contribution in [0.25, 0.3) is 11.1 Å². The third-order valence-corrected chi connectivity index (χ3v) is 5.07. The maximum absolute atomic E-state index is 12.9. The van der Waals surface area contributed by atoms with Gasteiger partial charge in [-0.1, -0.05) is 30.3 Å². The maximum atomic E-state index is 12.9. The van der Waals surface area contributed by atoms with Crippen LogP contribution in [0.3, 0.4) is 0 Å². The molecule has 1 aliphatic heterocycles. The first-order valence-corrected chi connectivity index (χ1v) is 9.57. The van der Waals surface area contributed by atoms with Crippen molar-refractivity contribution in [2.75, 3.05) is 11.9 Å². The largest absolute Gasteiger partial charge is 0.384 e. The Bertz CT molecular complexity index is 1040. The Morgan fingerprint density at radius 2 is 1.83 bits per heavy atom. The van der Waals surface area contributed by atoms with Gasteiger partial charge < -0.3 is 11.1 Å². The van der Waals surface area contributed by atoms with Crippen molar-refractivity contribution in [3.05, 3.63) is 83.7 Å². The third-order valence-electron chi connectivity index (χ3n) is 5.07. The van der Waals surface area contributed by atoms with Crippen molar-refractivity contribution in [2.24, 2.45) is 5.73 Å². The van der Waals surface area contributed by atoms with Crippen LogP contribution in [-0.4, -0.2) is 29.4 Å². The number of aromatic nitrogens is 1. The Kier molecular flexibility index (Phi) is 5.35. The molecule has 2 aromatic carbocycles. The second-order valence-electron chi connectivity index (χ2n) is 7.08. The summed E-state index contributed by atoms with van der Waals surface area (Å²) in [6.07, 6.45) is 4.53. The molecule has 6 nitrogen and oxygen atoms in total. The number of benzene rings is 2. The Balaban J connectivity index is 1.55. The highest BCUT2D eigenvalue weighted by molar-refractivity contribution is 6.08. The van der Waals surface area contributed by atoms with E-state index in [2.05, 4.69) is 15.6 Å². The smallest absolute Gasteiger partial charge is 0.258 e. The summed E-state index contributed by atoms with van der Waals surface area (Å²) in [5, 5.41) is 5.79. The molecule has 0 aliphatic carbocycles. The molecule has 4 rings (SSSR count). The van der Waals surface area contributed by atoms with Crippen molar-refractivity contribution in [1.82, 2.24) is 10.3 Å². The molecule has 2 heterocycles. The van der Waals surface area contributed by atoms with Gasteiger partial charge in [-0.2, -0.15) is 0 Å². The minimum Gasteiger partial charge on any atom is -0.384 e. The summed E-state index contributed by atoms with van der Waals surface area (Å²) in [4.78, 5) is 29.5. The number of nitrogens with one attached hydrogen (secondary N) is 2. The molecule has 0 unspecified atom stereocenters. The summed E-state index contributed by atoms with van der Waals surface area (Å²) in [6, 6.07) is 16.3. The summed E-state index contributed by atoms with van der Waals surface area (Å²) in [5.41, 5.74) is 11.2. The lowest BCUT2D eigenvalue weighted by atomic mass is 9.97. The van der Waals surface area contributed by atoms with E-state index in [1.54, 1.807) is 12.4 Å². The van der Waals surface area contributed by atoms with Crippen LogP contribution in [0.4, 0.5) is 5.69 Å². The fourth-order valence-electron chi connectivity index (χ4n) is 3.57. The van der Waals surface area contributed by atoms with E-state index in [0.717, 1.165) is 40.9 Å². The van der Waals surface area contributed by atoms with Crippen LogP contribution in [0.1, 0.15) is 21.5 Å². The predicted octanol–water partition coefficient (Wildman–Crippen LogP) is 2.54. The number of imide groups is 1. The fourth-order valence-corrected chi connectivity index (χ4v) is 3.57. The molecule has 1 atom stereocenters. The van der Waals surface area contributed by atoms with E-state index < -0.39 is 17.9 Å². The second-order valence-corrected chi connectivity index (χ2v) is 7.08. The topological polar surface area (TPSA) is 97.1 Å². The lowest BCUT2D eigenvalue weighted by Crippen LogP contribution is -2.44. The molecule has 3 aromatic rings. The van der Waals surface area contributed by atoms with E-state index in [4.69, 9.17) is 5.73 Å². The first kappa shape index (κ1) is 18.8. The number of anilines is 1. The van der Waals surface area contributed by atoms with Crippen LogP contribution in [-0.2, 0) is 17.6 Å². The quantitative estimate of drug-likeness (QED) is 0.626. The van der Waals surface area contributed by atoms with E-state index in [9.17, 15) is 9.59 Å². The Morgan fingerprint density at radius 3 is 2.59 bits per heavy atom. The summed E-state index contributed by atoms with van der Waals surface area (Å²) in [7, 11) is 0. The highest BCUT2D eigenvalue weighted by Gasteiger charge is 2.24. The van der Waals surface area contributed by atoms with Crippen LogP contribution >= 0.6 is 0 Å². The van der Waals surface area contributed by atoms with Gasteiger partial charge in [0.05, 0.1) is 6.04 Å². The highest BCUT2D eigenvalue weighted by Crippen LogP contribution is 2.32. The van der Waals surface area contributed by atoms with Crippen molar-refractivity contribution in [3.8, 4) is 11.1 Å². The number of carbonyl (C=O) groups is 2. The average molecular weight is 386 g/mol. The molecule has 0 fully saturated rings. The van der Waals surface area contributed by atoms with Crippen molar-refractivity contribution in [1.29, 1.82) is 0 Å². The molecule has 0 bridgehead atoms. The average Bonchev–Trinajstić information content (AvgIpc) is 3.23. The van der Waals surface area contributed by atoms with Crippen molar-refractivity contribution >= 4 is 17.5 Å². The SMILES string of the molecule is N[C@@H](Cc1ccccc1)C(=O)NC(=O)c1cc(-c2ccncc2)cc2c1CCN2. The number of nitrogens with zero attached hydrogens (tertiary/aromatic N) is 1. The number of amides is 2. The van der Waals surface area contributed by atoms with Crippen molar-refractivity contribution in [2.45, 2.75) is 18.9 Å². The number of carbonyl (C=O) groups excluding carboxylic acids is 2. The van der Waals surface area contributed by atoms with E-state index in [-0.39, 0.29) is 0 Å². The lowest BCUT2D eigenvalue weighted by molar-refractivity contribution is -0.121. The van der Waals surface area contributed by atoms with Crippen molar-refractivity contribution < 1.29 is 9.59 Å². The van der Waals surface area contributed by atoms with E-state index >= 15 is 0 Å². The summed E-state index contributed by atoms with van der Waals surface area (Å²) in [6.45, 7) is 0.761. The molecule has 1 aliphatic rings. The van der Waals surface area contributed by atoms with Gasteiger partial charge in [0.25, 0.3) is 5.91 Å². The van der Waals surface area contributed by atoms with Gasteiger partial charge in [0, 0.05) is 30.2 Å². The highest BCUT2D eigenvalue weighted by atomic mass is 16.2. The summed E-state index contributed by atoms with van der Waals surface area (Å²) in [5.74, 6) is -0.901. The molecule has 2 amide bonds. The molecule has 146 valence electrons. The zero-order valence-corrected chi connectivity index (χ0v) is 15.9. The number of rotatable bonds is 5. The Hall–Kier alpha value is -3.51. The van der Waals surface area contributed by atoms with Crippen molar-refractivity contribution in [3.63, 3.8) is 0 Å². The molecule has 1 aromatic heterocycles. The lowest BCUT2D eigenvalue weighted by Gasteiger charge is -2.14. The van der Waals surface area contributed by atoms with E-state index in [0.29, 0.717) is 12.0 Å². The van der Waals surface area contributed by atoms with Crippen LogP contribution in [0.15, 0.2) is 67.0 Å². The number of pyridine rings is 1.